The van der Waals surface area contributed by atoms with Gasteiger partial charge < -0.3 is 15.2 Å². The van der Waals surface area contributed by atoms with E-state index in [4.69, 9.17) is 15.2 Å². The summed E-state index contributed by atoms with van der Waals surface area (Å²) in [6, 6.07) is 7.69. The Morgan fingerprint density at radius 2 is 1.95 bits per heavy atom. The molecule has 104 valence electrons. The van der Waals surface area contributed by atoms with Crippen LogP contribution in [-0.4, -0.2) is 18.2 Å². The van der Waals surface area contributed by atoms with Gasteiger partial charge >= 0.3 is 0 Å². The molecule has 0 saturated heterocycles. The third-order valence-electron chi connectivity index (χ3n) is 3.53. The Labute approximate surface area is 118 Å². The highest BCUT2D eigenvalue weighted by Gasteiger charge is 2.16. The smallest absolute Gasteiger partial charge is 0.161 e. The highest BCUT2D eigenvalue weighted by Crippen LogP contribution is 2.33. The molecule has 0 radical (unpaired) electrons. The molecule has 0 amide bonds. The lowest BCUT2D eigenvalue weighted by atomic mass is 9.97. The van der Waals surface area contributed by atoms with Crippen LogP contribution in [-0.2, 0) is 0 Å². The predicted molar refractivity (Wildman–Crippen MR) is 77.1 cm³/mol. The van der Waals surface area contributed by atoms with Gasteiger partial charge in [0.1, 0.15) is 0 Å². The Morgan fingerprint density at radius 3 is 2.75 bits per heavy atom. The van der Waals surface area contributed by atoms with Gasteiger partial charge in [0.2, 0.25) is 0 Å². The van der Waals surface area contributed by atoms with Crippen molar-refractivity contribution in [2.75, 3.05) is 13.2 Å². The largest absolute Gasteiger partial charge is 0.490 e. The third kappa shape index (κ3) is 2.47. The van der Waals surface area contributed by atoms with Gasteiger partial charge in [0.05, 0.1) is 19.3 Å². The van der Waals surface area contributed by atoms with Crippen molar-refractivity contribution < 1.29 is 9.47 Å². The second-order valence-electron chi connectivity index (χ2n) is 4.97. The van der Waals surface area contributed by atoms with E-state index in [0.717, 1.165) is 34.6 Å². The van der Waals surface area contributed by atoms with Crippen LogP contribution in [0.5, 0.6) is 11.5 Å². The van der Waals surface area contributed by atoms with Crippen LogP contribution in [0, 0.1) is 6.92 Å². The van der Waals surface area contributed by atoms with Crippen LogP contribution in [0.4, 0.5) is 0 Å². The number of hydrogen-bond donors (Lipinski definition) is 1. The fourth-order valence-corrected chi connectivity index (χ4v) is 2.39. The topological polar surface area (TPSA) is 57.4 Å². The normalized spacial score (nSPS) is 15.5. The summed E-state index contributed by atoms with van der Waals surface area (Å²) in [5, 5.41) is 0. The molecule has 2 heterocycles. The molecule has 1 aromatic carbocycles. The van der Waals surface area contributed by atoms with Crippen molar-refractivity contribution in [3.63, 3.8) is 0 Å². The first kappa shape index (κ1) is 12.9. The molecular weight excluding hydrogens is 252 g/mol. The van der Waals surface area contributed by atoms with Crippen LogP contribution in [0.25, 0.3) is 0 Å². The van der Waals surface area contributed by atoms with E-state index in [9.17, 15) is 0 Å². The Bertz CT molecular complexity index is 613. The van der Waals surface area contributed by atoms with Gasteiger partial charge in [0, 0.05) is 18.8 Å². The van der Waals surface area contributed by atoms with E-state index in [2.05, 4.69) is 4.98 Å². The molecule has 4 nitrogen and oxygen atoms in total. The molecule has 4 heteroatoms. The molecule has 3 rings (SSSR count). The highest BCUT2D eigenvalue weighted by molar-refractivity contribution is 5.46. The monoisotopic (exact) mass is 270 g/mol. The summed E-state index contributed by atoms with van der Waals surface area (Å²) in [6.45, 7) is 3.40. The minimum atomic E-state index is -0.185. The average molecular weight is 270 g/mol. The number of aromatic nitrogens is 1. The molecule has 1 atom stereocenters. The first-order valence-corrected chi connectivity index (χ1v) is 6.81. The number of benzene rings is 1. The number of pyridine rings is 1. The fourth-order valence-electron chi connectivity index (χ4n) is 2.39. The minimum Gasteiger partial charge on any atom is -0.490 e. The predicted octanol–water partition coefficient (Wildman–Crippen LogP) is 2.60. The molecule has 2 aromatic rings. The lowest BCUT2D eigenvalue weighted by Gasteiger charge is -2.16. The zero-order chi connectivity index (χ0) is 13.9. The summed E-state index contributed by atoms with van der Waals surface area (Å²) >= 11 is 0. The molecule has 0 fully saturated rings. The van der Waals surface area contributed by atoms with Crippen LogP contribution < -0.4 is 15.2 Å². The quantitative estimate of drug-likeness (QED) is 0.911. The fraction of sp³-hybridized carbons (Fsp3) is 0.312. The molecule has 0 bridgehead atoms. The second kappa shape index (κ2) is 5.51. The molecule has 0 aliphatic carbocycles. The summed E-state index contributed by atoms with van der Waals surface area (Å²) in [7, 11) is 0. The Balaban J connectivity index is 1.94. The van der Waals surface area contributed by atoms with E-state index in [0.29, 0.717) is 13.2 Å². The van der Waals surface area contributed by atoms with Crippen LogP contribution >= 0.6 is 0 Å². The maximum absolute atomic E-state index is 6.37. The molecule has 1 aromatic heterocycles. The number of rotatable bonds is 2. The SMILES string of the molecule is Cc1cnccc1C(N)c1ccc2c(c1)OCCCO2. The van der Waals surface area contributed by atoms with Gasteiger partial charge in [-0.25, -0.2) is 0 Å². The standard InChI is InChI=1S/C16H18N2O2/c1-11-10-18-6-5-13(11)16(17)12-3-4-14-15(9-12)20-8-2-7-19-14/h3-6,9-10,16H,2,7-8,17H2,1H3. The van der Waals surface area contributed by atoms with Crippen LogP contribution in [0.3, 0.4) is 0 Å². The van der Waals surface area contributed by atoms with E-state index >= 15 is 0 Å². The summed E-state index contributed by atoms with van der Waals surface area (Å²) in [5.41, 5.74) is 9.55. The summed E-state index contributed by atoms with van der Waals surface area (Å²) < 4.78 is 11.3. The van der Waals surface area contributed by atoms with Gasteiger partial charge in [-0.3, -0.25) is 4.98 Å². The van der Waals surface area contributed by atoms with Gasteiger partial charge in [0.15, 0.2) is 11.5 Å². The molecule has 1 aliphatic heterocycles. The van der Waals surface area contributed by atoms with Crippen LogP contribution in [0.1, 0.15) is 29.2 Å². The second-order valence-corrected chi connectivity index (χ2v) is 4.97. The van der Waals surface area contributed by atoms with Crippen LogP contribution in [0.2, 0.25) is 0 Å². The number of nitrogens with two attached hydrogens (primary N) is 1. The minimum absolute atomic E-state index is 0.185. The van der Waals surface area contributed by atoms with Gasteiger partial charge in [-0.05, 0) is 41.8 Å². The first-order chi connectivity index (χ1) is 9.75. The van der Waals surface area contributed by atoms with E-state index < -0.39 is 0 Å². The third-order valence-corrected chi connectivity index (χ3v) is 3.53. The lowest BCUT2D eigenvalue weighted by Crippen LogP contribution is -2.13. The van der Waals surface area contributed by atoms with Crippen LogP contribution in [0.15, 0.2) is 36.7 Å². The van der Waals surface area contributed by atoms with Gasteiger partial charge in [-0.1, -0.05) is 6.07 Å². The maximum atomic E-state index is 6.37. The van der Waals surface area contributed by atoms with Crippen molar-refractivity contribution in [2.24, 2.45) is 5.73 Å². The maximum Gasteiger partial charge on any atom is 0.161 e. The molecule has 1 aliphatic rings. The Hall–Kier alpha value is -2.07. The molecular formula is C16H18N2O2. The zero-order valence-electron chi connectivity index (χ0n) is 11.5. The van der Waals surface area contributed by atoms with E-state index in [1.807, 2.05) is 37.4 Å². The van der Waals surface area contributed by atoms with Gasteiger partial charge in [0.25, 0.3) is 0 Å². The van der Waals surface area contributed by atoms with Crippen molar-refractivity contribution in [3.8, 4) is 11.5 Å². The zero-order valence-corrected chi connectivity index (χ0v) is 11.5. The summed E-state index contributed by atoms with van der Waals surface area (Å²) in [6.07, 6.45) is 4.50. The van der Waals surface area contributed by atoms with E-state index in [1.165, 1.54) is 0 Å². The molecule has 0 saturated carbocycles. The number of nitrogens with zero attached hydrogens (tertiary/aromatic N) is 1. The lowest BCUT2D eigenvalue weighted by molar-refractivity contribution is 0.297. The summed E-state index contributed by atoms with van der Waals surface area (Å²) in [5.74, 6) is 1.58. The Kier molecular flexibility index (Phi) is 3.56. The Morgan fingerprint density at radius 1 is 1.15 bits per heavy atom. The van der Waals surface area contributed by atoms with Crippen molar-refractivity contribution in [1.82, 2.24) is 4.98 Å². The van der Waals surface area contributed by atoms with Gasteiger partial charge in [-0.2, -0.15) is 0 Å². The molecule has 2 N–H and O–H groups in total. The van der Waals surface area contributed by atoms with Crippen molar-refractivity contribution >= 4 is 0 Å². The van der Waals surface area contributed by atoms with E-state index in [-0.39, 0.29) is 6.04 Å². The molecule has 0 spiro atoms. The highest BCUT2D eigenvalue weighted by atomic mass is 16.5. The van der Waals surface area contributed by atoms with Crippen molar-refractivity contribution in [1.29, 1.82) is 0 Å². The van der Waals surface area contributed by atoms with Crippen molar-refractivity contribution in [2.45, 2.75) is 19.4 Å². The van der Waals surface area contributed by atoms with Crippen molar-refractivity contribution in [3.05, 3.63) is 53.3 Å². The number of ether oxygens (including phenoxy) is 2. The summed E-state index contributed by atoms with van der Waals surface area (Å²) in [4.78, 5) is 4.10. The molecule has 1 unspecified atom stereocenters. The number of hydrogen-bond acceptors (Lipinski definition) is 4. The molecule has 20 heavy (non-hydrogen) atoms. The average Bonchev–Trinajstić information content (AvgIpc) is 2.71. The first-order valence-electron chi connectivity index (χ1n) is 6.81. The number of fused-ring (bicyclic) bond motifs is 1. The van der Waals surface area contributed by atoms with E-state index in [1.54, 1.807) is 6.20 Å². The number of aryl methyl sites for hydroxylation is 1. The van der Waals surface area contributed by atoms with Gasteiger partial charge in [-0.15, -0.1) is 0 Å².